The average Bonchev–Trinajstić information content (AvgIpc) is 3.14. The fraction of sp³-hybridized carbons (Fsp3) is 0.440. The summed E-state index contributed by atoms with van der Waals surface area (Å²) in [4.78, 5) is 38.6. The SMILES string of the molecule is CCOc1ccc(NC(=O)C(C)OC(=O)C2CCN(c3ncnc4sc(C)c(C)c34)CC2)cc1. The summed E-state index contributed by atoms with van der Waals surface area (Å²) in [5, 5.41) is 3.88. The summed E-state index contributed by atoms with van der Waals surface area (Å²) in [6.07, 6.45) is 2.03. The van der Waals surface area contributed by atoms with Crippen molar-refractivity contribution < 1.29 is 19.1 Å². The van der Waals surface area contributed by atoms with Crippen LogP contribution in [0.15, 0.2) is 30.6 Å². The second-order valence-corrected chi connectivity index (χ2v) is 9.65. The highest BCUT2D eigenvalue weighted by Crippen LogP contribution is 2.35. The van der Waals surface area contributed by atoms with Crippen molar-refractivity contribution >= 4 is 44.9 Å². The first-order chi connectivity index (χ1) is 16.4. The van der Waals surface area contributed by atoms with Gasteiger partial charge in [-0.1, -0.05) is 0 Å². The number of piperidine rings is 1. The Kier molecular flexibility index (Phi) is 7.31. The van der Waals surface area contributed by atoms with Gasteiger partial charge < -0.3 is 19.7 Å². The van der Waals surface area contributed by atoms with Gasteiger partial charge in [-0.05, 0) is 70.4 Å². The number of amides is 1. The van der Waals surface area contributed by atoms with Crippen LogP contribution in [-0.4, -0.2) is 47.6 Å². The molecule has 9 heteroatoms. The molecule has 1 atom stereocenters. The van der Waals surface area contributed by atoms with Crippen LogP contribution in [0.25, 0.3) is 10.2 Å². The van der Waals surface area contributed by atoms with Crippen molar-refractivity contribution in [2.45, 2.75) is 46.6 Å². The van der Waals surface area contributed by atoms with E-state index in [4.69, 9.17) is 9.47 Å². The van der Waals surface area contributed by atoms with E-state index >= 15 is 0 Å². The second kappa shape index (κ2) is 10.4. The number of anilines is 2. The van der Waals surface area contributed by atoms with E-state index in [0.717, 1.165) is 21.8 Å². The predicted molar refractivity (Wildman–Crippen MR) is 134 cm³/mol. The minimum Gasteiger partial charge on any atom is -0.494 e. The first kappa shape index (κ1) is 23.9. The van der Waals surface area contributed by atoms with Gasteiger partial charge in [-0.2, -0.15) is 0 Å². The number of hydrogen-bond acceptors (Lipinski definition) is 8. The number of fused-ring (bicyclic) bond motifs is 1. The van der Waals surface area contributed by atoms with Crippen molar-refractivity contribution in [1.29, 1.82) is 0 Å². The number of aryl methyl sites for hydroxylation is 2. The number of carbonyl (C=O) groups is 2. The third-order valence-corrected chi connectivity index (χ3v) is 7.28. The van der Waals surface area contributed by atoms with Crippen LogP contribution in [0.5, 0.6) is 5.75 Å². The number of carbonyl (C=O) groups excluding carboxylic acids is 2. The van der Waals surface area contributed by atoms with Gasteiger partial charge in [0.2, 0.25) is 0 Å². The monoisotopic (exact) mass is 482 g/mol. The van der Waals surface area contributed by atoms with Gasteiger partial charge in [0, 0.05) is 23.7 Å². The summed E-state index contributed by atoms with van der Waals surface area (Å²) in [5.41, 5.74) is 1.84. The highest BCUT2D eigenvalue weighted by Gasteiger charge is 2.30. The molecular formula is C25H30N4O4S. The molecule has 0 bridgehead atoms. The summed E-state index contributed by atoms with van der Waals surface area (Å²) in [7, 11) is 0. The summed E-state index contributed by atoms with van der Waals surface area (Å²) in [6.45, 7) is 9.69. The highest BCUT2D eigenvalue weighted by atomic mass is 32.1. The lowest BCUT2D eigenvalue weighted by Gasteiger charge is -2.32. The summed E-state index contributed by atoms with van der Waals surface area (Å²) < 4.78 is 10.9. The van der Waals surface area contributed by atoms with Crippen LogP contribution in [0.3, 0.4) is 0 Å². The molecule has 1 aliphatic heterocycles. The first-order valence-electron chi connectivity index (χ1n) is 11.6. The second-order valence-electron chi connectivity index (χ2n) is 8.45. The number of nitrogens with one attached hydrogen (secondary N) is 1. The molecule has 1 aliphatic rings. The lowest BCUT2D eigenvalue weighted by Crippen LogP contribution is -2.39. The molecule has 1 fully saturated rings. The summed E-state index contributed by atoms with van der Waals surface area (Å²) in [6, 6.07) is 7.09. The van der Waals surface area contributed by atoms with Gasteiger partial charge in [0.05, 0.1) is 17.9 Å². The molecule has 4 rings (SSSR count). The largest absolute Gasteiger partial charge is 0.494 e. The zero-order valence-corrected chi connectivity index (χ0v) is 20.8. The number of rotatable bonds is 7. The molecule has 2 aromatic heterocycles. The number of ether oxygens (including phenoxy) is 2. The summed E-state index contributed by atoms with van der Waals surface area (Å²) >= 11 is 1.68. The van der Waals surface area contributed by atoms with Crippen LogP contribution in [0.2, 0.25) is 0 Å². The molecule has 1 amide bonds. The van der Waals surface area contributed by atoms with Crippen LogP contribution in [-0.2, 0) is 14.3 Å². The highest BCUT2D eigenvalue weighted by molar-refractivity contribution is 7.18. The maximum Gasteiger partial charge on any atom is 0.309 e. The molecule has 8 nitrogen and oxygen atoms in total. The summed E-state index contributed by atoms with van der Waals surface area (Å²) in [5.74, 6) is 0.741. The molecule has 0 spiro atoms. The molecule has 1 unspecified atom stereocenters. The Bertz CT molecular complexity index is 1170. The van der Waals surface area contributed by atoms with Crippen molar-refractivity contribution in [3.05, 3.63) is 41.0 Å². The maximum absolute atomic E-state index is 12.7. The Morgan fingerprint density at radius 2 is 1.88 bits per heavy atom. The smallest absolute Gasteiger partial charge is 0.309 e. The topological polar surface area (TPSA) is 93.6 Å². The fourth-order valence-corrected chi connectivity index (χ4v) is 5.09. The van der Waals surface area contributed by atoms with Gasteiger partial charge in [-0.15, -0.1) is 11.3 Å². The Balaban J connectivity index is 1.31. The number of thiophene rings is 1. The number of nitrogens with zero attached hydrogens (tertiary/aromatic N) is 3. The molecule has 1 N–H and O–H groups in total. The normalized spacial score (nSPS) is 15.2. The van der Waals surface area contributed by atoms with E-state index in [2.05, 4.69) is 34.0 Å². The van der Waals surface area contributed by atoms with Gasteiger partial charge >= 0.3 is 5.97 Å². The predicted octanol–water partition coefficient (Wildman–Crippen LogP) is 4.49. The number of benzene rings is 1. The molecule has 3 aromatic rings. The molecule has 34 heavy (non-hydrogen) atoms. The lowest BCUT2D eigenvalue weighted by atomic mass is 9.96. The Labute approximate surface area is 203 Å². The molecule has 0 saturated carbocycles. The average molecular weight is 483 g/mol. The van der Waals surface area contributed by atoms with E-state index in [9.17, 15) is 9.59 Å². The van der Waals surface area contributed by atoms with Crippen molar-refractivity contribution in [1.82, 2.24) is 9.97 Å². The van der Waals surface area contributed by atoms with Crippen LogP contribution < -0.4 is 15.0 Å². The molecule has 1 saturated heterocycles. The number of esters is 1. The molecule has 0 radical (unpaired) electrons. The molecule has 180 valence electrons. The third kappa shape index (κ3) is 5.14. The zero-order valence-electron chi connectivity index (χ0n) is 20.0. The minimum atomic E-state index is -0.880. The van der Waals surface area contributed by atoms with E-state index < -0.39 is 6.10 Å². The van der Waals surface area contributed by atoms with Crippen molar-refractivity contribution in [3.8, 4) is 5.75 Å². The van der Waals surface area contributed by atoms with Gasteiger partial charge in [0.15, 0.2) is 6.10 Å². The molecule has 0 aliphatic carbocycles. The molecule has 3 heterocycles. The van der Waals surface area contributed by atoms with Gasteiger partial charge in [0.1, 0.15) is 22.7 Å². The van der Waals surface area contributed by atoms with Crippen LogP contribution >= 0.6 is 11.3 Å². The van der Waals surface area contributed by atoms with E-state index in [1.807, 2.05) is 6.92 Å². The number of aromatic nitrogens is 2. The molecular weight excluding hydrogens is 452 g/mol. The quantitative estimate of drug-likeness (QED) is 0.496. The van der Waals surface area contributed by atoms with E-state index in [1.54, 1.807) is 48.9 Å². The third-order valence-electron chi connectivity index (χ3n) is 6.17. The maximum atomic E-state index is 12.7. The standard InChI is InChI=1S/C25H30N4O4S/c1-5-32-20-8-6-19(7-9-20)28-23(30)16(3)33-25(31)18-10-12-29(13-11-18)22-21-15(2)17(4)34-24(21)27-14-26-22/h6-9,14,16,18H,5,10-13H2,1-4H3,(H,28,30). The van der Waals surface area contributed by atoms with Gasteiger partial charge in [0.25, 0.3) is 5.91 Å². The van der Waals surface area contributed by atoms with Crippen molar-refractivity contribution in [2.75, 3.05) is 29.9 Å². The van der Waals surface area contributed by atoms with Crippen molar-refractivity contribution in [3.63, 3.8) is 0 Å². The Hall–Kier alpha value is -3.20. The van der Waals surface area contributed by atoms with Gasteiger partial charge in [-0.3, -0.25) is 9.59 Å². The van der Waals surface area contributed by atoms with Crippen molar-refractivity contribution in [2.24, 2.45) is 5.92 Å². The number of hydrogen-bond donors (Lipinski definition) is 1. The first-order valence-corrected chi connectivity index (χ1v) is 12.4. The van der Waals surface area contributed by atoms with Crippen LogP contribution in [0.1, 0.15) is 37.1 Å². The lowest BCUT2D eigenvalue weighted by molar-refractivity contribution is -0.157. The Morgan fingerprint density at radius 3 is 2.56 bits per heavy atom. The van der Waals surface area contributed by atoms with Crippen LogP contribution in [0.4, 0.5) is 11.5 Å². The van der Waals surface area contributed by atoms with Gasteiger partial charge in [-0.25, -0.2) is 9.97 Å². The molecule has 1 aromatic carbocycles. The zero-order chi connectivity index (χ0) is 24.2. The fourth-order valence-electron chi connectivity index (χ4n) is 4.10. The van der Waals surface area contributed by atoms with E-state index in [-0.39, 0.29) is 17.8 Å². The van der Waals surface area contributed by atoms with E-state index in [1.165, 1.54) is 10.4 Å². The minimum absolute atomic E-state index is 0.236. The van der Waals surface area contributed by atoms with E-state index in [0.29, 0.717) is 38.2 Å². The van der Waals surface area contributed by atoms with Crippen LogP contribution in [0, 0.1) is 19.8 Å². The Morgan fingerprint density at radius 1 is 1.18 bits per heavy atom.